The Kier molecular flexibility index (Phi) is 4.01. The van der Waals surface area contributed by atoms with E-state index in [1.807, 2.05) is 0 Å². The van der Waals surface area contributed by atoms with Gasteiger partial charge in [0, 0.05) is 10.1 Å². The van der Waals surface area contributed by atoms with E-state index in [9.17, 15) is 14.0 Å². The fourth-order valence-electron chi connectivity index (χ4n) is 1.88. The van der Waals surface area contributed by atoms with Gasteiger partial charge >= 0.3 is 5.97 Å². The number of thiophene rings is 1. The molecule has 0 bridgehead atoms. The average Bonchev–Trinajstić information content (AvgIpc) is 2.74. The molecule has 1 atom stereocenters. The second kappa shape index (κ2) is 5.56. The lowest BCUT2D eigenvalue weighted by Crippen LogP contribution is -2.43. The van der Waals surface area contributed by atoms with Crippen LogP contribution in [0, 0.1) is 12.7 Å². The van der Waals surface area contributed by atoms with Crippen LogP contribution in [-0.2, 0) is 4.79 Å². The van der Waals surface area contributed by atoms with Crippen molar-refractivity contribution in [3.8, 4) is 0 Å². The molecule has 2 aromatic rings. The summed E-state index contributed by atoms with van der Waals surface area (Å²) in [6.45, 7) is 0.894. The molecule has 1 aromatic carbocycles. The van der Waals surface area contributed by atoms with Crippen LogP contribution in [0.5, 0.6) is 0 Å². The van der Waals surface area contributed by atoms with Gasteiger partial charge in [0.2, 0.25) is 0 Å². The summed E-state index contributed by atoms with van der Waals surface area (Å²) >= 11 is 1.08. The number of aryl methyl sites for hydroxylation is 1. The minimum absolute atomic E-state index is 0.241. The van der Waals surface area contributed by atoms with Crippen LogP contribution < -0.4 is 5.32 Å². The largest absolute Gasteiger partial charge is 0.480 e. The van der Waals surface area contributed by atoms with Crippen molar-refractivity contribution in [1.29, 1.82) is 0 Å². The molecule has 0 radical (unpaired) electrons. The first-order valence-corrected chi connectivity index (χ1v) is 6.59. The molecule has 2 rings (SSSR count). The van der Waals surface area contributed by atoms with Crippen LogP contribution in [0.25, 0.3) is 10.1 Å². The molecule has 20 heavy (non-hydrogen) atoms. The quantitative estimate of drug-likeness (QED) is 0.798. The zero-order chi connectivity index (χ0) is 14.9. The molecule has 0 aliphatic rings. The second-order valence-corrected chi connectivity index (χ2v) is 5.27. The maximum Gasteiger partial charge on any atom is 0.328 e. The highest BCUT2D eigenvalue weighted by Crippen LogP contribution is 2.32. The van der Waals surface area contributed by atoms with E-state index in [2.05, 4.69) is 5.32 Å². The van der Waals surface area contributed by atoms with Gasteiger partial charge in [0.1, 0.15) is 5.82 Å². The molecule has 5 nitrogen and oxygen atoms in total. The number of nitrogens with one attached hydrogen (secondary N) is 1. The zero-order valence-corrected chi connectivity index (χ0v) is 11.3. The van der Waals surface area contributed by atoms with Crippen LogP contribution in [0.15, 0.2) is 18.2 Å². The second-order valence-electron chi connectivity index (χ2n) is 4.22. The summed E-state index contributed by atoms with van der Waals surface area (Å²) in [6.07, 6.45) is 0. The molecular weight excluding hydrogens is 285 g/mol. The number of carbonyl (C=O) groups is 2. The fourth-order valence-corrected chi connectivity index (χ4v) is 3.01. The van der Waals surface area contributed by atoms with Crippen molar-refractivity contribution in [2.45, 2.75) is 13.0 Å². The van der Waals surface area contributed by atoms with E-state index >= 15 is 0 Å². The molecule has 0 saturated carbocycles. The lowest BCUT2D eigenvalue weighted by Gasteiger charge is -2.10. The topological polar surface area (TPSA) is 86.6 Å². The number of fused-ring (bicyclic) bond motifs is 1. The molecule has 106 valence electrons. The van der Waals surface area contributed by atoms with Crippen LogP contribution in [-0.4, -0.2) is 34.7 Å². The van der Waals surface area contributed by atoms with E-state index in [1.165, 1.54) is 6.07 Å². The van der Waals surface area contributed by atoms with Gasteiger partial charge < -0.3 is 15.5 Å². The van der Waals surface area contributed by atoms with E-state index in [1.54, 1.807) is 19.1 Å². The number of carbonyl (C=O) groups excluding carboxylic acids is 1. The number of carboxylic acids is 1. The van der Waals surface area contributed by atoms with E-state index < -0.39 is 30.3 Å². The first-order valence-electron chi connectivity index (χ1n) is 5.77. The molecule has 1 amide bonds. The number of rotatable bonds is 4. The Bertz CT molecular complexity index is 682. The first kappa shape index (κ1) is 14.4. The Labute approximate surface area is 117 Å². The molecule has 0 fully saturated rings. The average molecular weight is 297 g/mol. The summed E-state index contributed by atoms with van der Waals surface area (Å²) < 4.78 is 14.3. The molecular formula is C13H12FNO4S. The Balaban J connectivity index is 2.38. The Morgan fingerprint density at radius 3 is 2.70 bits per heavy atom. The summed E-state index contributed by atoms with van der Waals surface area (Å²) in [5.74, 6) is -2.39. The smallest absolute Gasteiger partial charge is 0.328 e. The van der Waals surface area contributed by atoms with Crippen LogP contribution in [0.1, 0.15) is 15.2 Å². The lowest BCUT2D eigenvalue weighted by atomic mass is 10.1. The van der Waals surface area contributed by atoms with Gasteiger partial charge in [-0.2, -0.15) is 0 Å². The molecule has 0 saturated heterocycles. The summed E-state index contributed by atoms with van der Waals surface area (Å²) in [7, 11) is 0. The van der Waals surface area contributed by atoms with Gasteiger partial charge in [-0.05, 0) is 24.6 Å². The van der Waals surface area contributed by atoms with Gasteiger partial charge in [0.15, 0.2) is 6.04 Å². The third-order valence-corrected chi connectivity index (χ3v) is 4.15. The van der Waals surface area contributed by atoms with Crippen molar-refractivity contribution >= 4 is 33.3 Å². The molecule has 7 heteroatoms. The van der Waals surface area contributed by atoms with Crippen molar-refractivity contribution in [3.63, 3.8) is 0 Å². The monoisotopic (exact) mass is 297 g/mol. The highest BCUT2D eigenvalue weighted by molar-refractivity contribution is 7.21. The number of hydrogen-bond donors (Lipinski definition) is 3. The van der Waals surface area contributed by atoms with Crippen LogP contribution in [0.3, 0.4) is 0 Å². The molecule has 3 N–H and O–H groups in total. The fraction of sp³-hybridized carbons (Fsp3) is 0.231. The maximum absolute atomic E-state index is 13.7. The number of benzene rings is 1. The van der Waals surface area contributed by atoms with Crippen LogP contribution in [0.4, 0.5) is 4.39 Å². The van der Waals surface area contributed by atoms with E-state index in [0.717, 1.165) is 11.3 Å². The molecule has 1 aromatic heterocycles. The number of aliphatic hydroxyl groups is 1. The molecule has 0 aliphatic carbocycles. The van der Waals surface area contributed by atoms with Crippen molar-refractivity contribution in [2.75, 3.05) is 6.61 Å². The number of halogens is 1. The number of carboxylic acid groups (broad SMARTS) is 1. The number of aliphatic carboxylic acids is 1. The third-order valence-electron chi connectivity index (χ3n) is 2.90. The minimum Gasteiger partial charge on any atom is -0.480 e. The molecule has 0 spiro atoms. The summed E-state index contributed by atoms with van der Waals surface area (Å²) in [5.41, 5.74) is 0.461. The third kappa shape index (κ3) is 2.50. The van der Waals surface area contributed by atoms with Crippen LogP contribution >= 0.6 is 11.3 Å². The van der Waals surface area contributed by atoms with E-state index in [0.29, 0.717) is 15.6 Å². The minimum atomic E-state index is -1.38. The van der Waals surface area contributed by atoms with Crippen molar-refractivity contribution in [1.82, 2.24) is 5.32 Å². The standard InChI is InChI=1S/C13H12FNO4S/c1-6-10-7(14)3-2-4-9(10)20-11(6)12(17)15-8(5-16)13(18)19/h2-4,8,16H,5H2,1H3,(H,15,17)(H,18,19)/t8-/m0/s1. The van der Waals surface area contributed by atoms with Crippen LogP contribution in [0.2, 0.25) is 0 Å². The zero-order valence-electron chi connectivity index (χ0n) is 10.5. The predicted molar refractivity (Wildman–Crippen MR) is 72.5 cm³/mol. The van der Waals surface area contributed by atoms with Crippen molar-refractivity contribution in [2.24, 2.45) is 0 Å². The lowest BCUT2D eigenvalue weighted by molar-refractivity contribution is -0.140. The van der Waals surface area contributed by atoms with Gasteiger partial charge in [0.25, 0.3) is 5.91 Å². The van der Waals surface area contributed by atoms with Gasteiger partial charge in [-0.25, -0.2) is 9.18 Å². The van der Waals surface area contributed by atoms with Gasteiger partial charge in [0.05, 0.1) is 11.5 Å². The molecule has 0 aliphatic heterocycles. The van der Waals surface area contributed by atoms with E-state index in [4.69, 9.17) is 10.2 Å². The Morgan fingerprint density at radius 1 is 1.45 bits per heavy atom. The van der Waals surface area contributed by atoms with Gasteiger partial charge in [-0.15, -0.1) is 11.3 Å². The highest BCUT2D eigenvalue weighted by atomic mass is 32.1. The summed E-state index contributed by atoms with van der Waals surface area (Å²) in [4.78, 5) is 23.0. The highest BCUT2D eigenvalue weighted by Gasteiger charge is 2.23. The predicted octanol–water partition coefficient (Wildman–Crippen LogP) is 1.52. The first-order chi connectivity index (χ1) is 9.45. The number of hydrogen-bond acceptors (Lipinski definition) is 4. The molecule has 0 unspecified atom stereocenters. The summed E-state index contributed by atoms with van der Waals surface area (Å²) in [5, 5.41) is 20.2. The van der Waals surface area contributed by atoms with Crippen molar-refractivity contribution < 1.29 is 24.2 Å². The van der Waals surface area contributed by atoms with Gasteiger partial charge in [-0.1, -0.05) is 6.07 Å². The number of aliphatic hydroxyl groups excluding tert-OH is 1. The maximum atomic E-state index is 13.7. The number of amides is 1. The van der Waals surface area contributed by atoms with E-state index in [-0.39, 0.29) is 4.88 Å². The molecule has 1 heterocycles. The SMILES string of the molecule is Cc1c(C(=O)N[C@@H](CO)C(=O)O)sc2cccc(F)c12. The Morgan fingerprint density at radius 2 is 2.15 bits per heavy atom. The Hall–Kier alpha value is -1.99. The van der Waals surface area contributed by atoms with Crippen molar-refractivity contribution in [3.05, 3.63) is 34.5 Å². The van der Waals surface area contributed by atoms with Gasteiger partial charge in [-0.3, -0.25) is 4.79 Å². The normalized spacial score (nSPS) is 12.3. The summed E-state index contributed by atoms with van der Waals surface area (Å²) in [6, 6.07) is 3.16.